The molecule has 114 valence electrons. The highest BCUT2D eigenvalue weighted by atomic mass is 79.9. The highest BCUT2D eigenvalue weighted by Gasteiger charge is 2.39. The standard InChI is InChI=1S/C15H17BrO5/c1-4-21-15(18)13-10(17)6-5-8-9(16)7-11(19-2)14(20-3)12(8)13/h7,13H,4-6H2,1-3H3. The summed E-state index contributed by atoms with van der Waals surface area (Å²) in [5, 5.41) is 0. The molecule has 1 aromatic rings. The van der Waals surface area contributed by atoms with Gasteiger partial charge >= 0.3 is 5.97 Å². The van der Waals surface area contributed by atoms with Crippen molar-refractivity contribution in [2.75, 3.05) is 20.8 Å². The number of halogens is 1. The van der Waals surface area contributed by atoms with Crippen LogP contribution in [0.3, 0.4) is 0 Å². The molecule has 1 unspecified atom stereocenters. The number of carbonyl (C=O) groups is 2. The predicted molar refractivity (Wildman–Crippen MR) is 79.9 cm³/mol. The van der Waals surface area contributed by atoms with E-state index in [2.05, 4.69) is 15.9 Å². The summed E-state index contributed by atoms with van der Waals surface area (Å²) < 4.78 is 16.5. The number of esters is 1. The monoisotopic (exact) mass is 356 g/mol. The fourth-order valence-corrected chi connectivity index (χ4v) is 3.24. The van der Waals surface area contributed by atoms with Gasteiger partial charge < -0.3 is 14.2 Å². The molecule has 5 nitrogen and oxygen atoms in total. The Morgan fingerprint density at radius 1 is 1.33 bits per heavy atom. The summed E-state index contributed by atoms with van der Waals surface area (Å²) >= 11 is 3.47. The van der Waals surface area contributed by atoms with Crippen molar-refractivity contribution in [1.29, 1.82) is 0 Å². The van der Waals surface area contributed by atoms with Gasteiger partial charge in [0.15, 0.2) is 17.3 Å². The number of ketones is 1. The van der Waals surface area contributed by atoms with Crippen LogP contribution in [0.1, 0.15) is 30.4 Å². The zero-order valence-electron chi connectivity index (χ0n) is 12.2. The first-order chi connectivity index (χ1) is 10.0. The second kappa shape index (κ2) is 6.47. The molecule has 0 bridgehead atoms. The zero-order valence-corrected chi connectivity index (χ0v) is 13.8. The van der Waals surface area contributed by atoms with Crippen molar-refractivity contribution in [3.8, 4) is 11.5 Å². The summed E-state index contributed by atoms with van der Waals surface area (Å²) in [5.41, 5.74) is 1.45. The van der Waals surface area contributed by atoms with E-state index in [9.17, 15) is 9.59 Å². The number of benzene rings is 1. The zero-order chi connectivity index (χ0) is 15.6. The number of fused-ring (bicyclic) bond motifs is 1. The molecule has 1 aromatic carbocycles. The molecule has 0 saturated carbocycles. The molecule has 0 amide bonds. The number of hydrogen-bond donors (Lipinski definition) is 0. The van der Waals surface area contributed by atoms with Gasteiger partial charge in [-0.3, -0.25) is 9.59 Å². The van der Waals surface area contributed by atoms with Crippen molar-refractivity contribution in [1.82, 2.24) is 0 Å². The second-order valence-corrected chi connectivity index (χ2v) is 5.49. The van der Waals surface area contributed by atoms with E-state index in [4.69, 9.17) is 14.2 Å². The topological polar surface area (TPSA) is 61.8 Å². The average Bonchev–Trinajstić information content (AvgIpc) is 2.46. The summed E-state index contributed by atoms with van der Waals surface area (Å²) in [4.78, 5) is 24.4. The van der Waals surface area contributed by atoms with Crippen molar-refractivity contribution < 1.29 is 23.8 Å². The van der Waals surface area contributed by atoms with Crippen LogP contribution in [-0.2, 0) is 20.7 Å². The van der Waals surface area contributed by atoms with E-state index in [-0.39, 0.29) is 12.4 Å². The highest BCUT2D eigenvalue weighted by Crippen LogP contribution is 2.45. The quantitative estimate of drug-likeness (QED) is 0.612. The number of ether oxygens (including phenoxy) is 3. The lowest BCUT2D eigenvalue weighted by atomic mass is 9.81. The second-order valence-electron chi connectivity index (χ2n) is 4.64. The lowest BCUT2D eigenvalue weighted by Gasteiger charge is -2.27. The number of Topliss-reactive ketones (excluding diaryl/α,β-unsaturated/α-hetero) is 1. The third kappa shape index (κ3) is 2.77. The van der Waals surface area contributed by atoms with E-state index in [0.717, 1.165) is 10.0 Å². The molecule has 1 aliphatic carbocycles. The first-order valence-electron chi connectivity index (χ1n) is 6.67. The number of methoxy groups -OCH3 is 2. The van der Waals surface area contributed by atoms with Crippen molar-refractivity contribution in [2.24, 2.45) is 0 Å². The fourth-order valence-electron chi connectivity index (χ4n) is 2.62. The molecule has 1 atom stereocenters. The maximum absolute atomic E-state index is 12.2. The molecular weight excluding hydrogens is 340 g/mol. The van der Waals surface area contributed by atoms with E-state index in [0.29, 0.717) is 29.9 Å². The van der Waals surface area contributed by atoms with Gasteiger partial charge in [-0.15, -0.1) is 0 Å². The smallest absolute Gasteiger partial charge is 0.321 e. The maximum Gasteiger partial charge on any atom is 0.321 e. The largest absolute Gasteiger partial charge is 0.493 e. The van der Waals surface area contributed by atoms with E-state index in [1.54, 1.807) is 13.0 Å². The van der Waals surface area contributed by atoms with Crippen LogP contribution in [-0.4, -0.2) is 32.6 Å². The summed E-state index contributed by atoms with van der Waals surface area (Å²) in [6.45, 7) is 1.94. The third-order valence-electron chi connectivity index (χ3n) is 3.52. The van der Waals surface area contributed by atoms with Gasteiger partial charge in [0.25, 0.3) is 0 Å². The van der Waals surface area contributed by atoms with Crippen LogP contribution in [0, 0.1) is 0 Å². The van der Waals surface area contributed by atoms with E-state index < -0.39 is 11.9 Å². The minimum atomic E-state index is -0.949. The Hall–Kier alpha value is -1.56. The molecule has 0 N–H and O–H groups in total. The summed E-state index contributed by atoms with van der Waals surface area (Å²) in [7, 11) is 3.01. The molecule has 0 aromatic heterocycles. The number of hydrogen-bond acceptors (Lipinski definition) is 5. The Morgan fingerprint density at radius 2 is 2.05 bits per heavy atom. The van der Waals surface area contributed by atoms with Crippen molar-refractivity contribution in [2.45, 2.75) is 25.7 Å². The Balaban J connectivity index is 2.66. The first kappa shape index (κ1) is 15.8. The predicted octanol–water partition coefficient (Wildman–Crippen LogP) is 2.63. The van der Waals surface area contributed by atoms with Crippen LogP contribution in [0.15, 0.2) is 10.5 Å². The molecule has 6 heteroatoms. The average molecular weight is 357 g/mol. The van der Waals surface area contributed by atoms with Crippen LogP contribution in [0.5, 0.6) is 11.5 Å². The van der Waals surface area contributed by atoms with Crippen molar-refractivity contribution >= 4 is 27.7 Å². The minimum Gasteiger partial charge on any atom is -0.493 e. The van der Waals surface area contributed by atoms with E-state index in [1.165, 1.54) is 14.2 Å². The number of carbonyl (C=O) groups excluding carboxylic acids is 2. The lowest BCUT2D eigenvalue weighted by molar-refractivity contribution is -0.148. The van der Waals surface area contributed by atoms with Gasteiger partial charge in [-0.1, -0.05) is 15.9 Å². The third-order valence-corrected chi connectivity index (χ3v) is 4.23. The Kier molecular flexibility index (Phi) is 4.88. The molecule has 0 spiro atoms. The van der Waals surface area contributed by atoms with Gasteiger partial charge in [0.2, 0.25) is 0 Å². The summed E-state index contributed by atoms with van der Waals surface area (Å²) in [5.74, 6) is -0.745. The minimum absolute atomic E-state index is 0.153. The van der Waals surface area contributed by atoms with Crippen LogP contribution in [0.25, 0.3) is 0 Å². The lowest BCUT2D eigenvalue weighted by Crippen LogP contribution is -2.30. The van der Waals surface area contributed by atoms with Crippen LogP contribution >= 0.6 is 15.9 Å². The van der Waals surface area contributed by atoms with E-state index >= 15 is 0 Å². The molecular formula is C15H17BrO5. The van der Waals surface area contributed by atoms with Gasteiger partial charge in [0.05, 0.1) is 20.8 Å². The van der Waals surface area contributed by atoms with Gasteiger partial charge in [-0.05, 0) is 25.0 Å². The van der Waals surface area contributed by atoms with Crippen molar-refractivity contribution in [3.63, 3.8) is 0 Å². The van der Waals surface area contributed by atoms with Crippen LogP contribution in [0.4, 0.5) is 0 Å². The normalized spacial score (nSPS) is 17.1. The molecule has 0 fully saturated rings. The van der Waals surface area contributed by atoms with Crippen LogP contribution < -0.4 is 9.47 Å². The van der Waals surface area contributed by atoms with Gasteiger partial charge in [-0.25, -0.2) is 0 Å². The maximum atomic E-state index is 12.2. The Morgan fingerprint density at radius 3 is 2.62 bits per heavy atom. The molecule has 2 rings (SSSR count). The first-order valence-corrected chi connectivity index (χ1v) is 7.47. The van der Waals surface area contributed by atoms with Gasteiger partial charge in [0, 0.05) is 16.5 Å². The van der Waals surface area contributed by atoms with Crippen molar-refractivity contribution in [3.05, 3.63) is 21.7 Å². The van der Waals surface area contributed by atoms with Gasteiger partial charge in [-0.2, -0.15) is 0 Å². The highest BCUT2D eigenvalue weighted by molar-refractivity contribution is 9.10. The molecule has 0 aliphatic heterocycles. The SMILES string of the molecule is CCOC(=O)C1C(=O)CCc2c(Br)cc(OC)c(OC)c21. The summed E-state index contributed by atoms with van der Waals surface area (Å²) in [6.07, 6.45) is 0.871. The van der Waals surface area contributed by atoms with Crippen LogP contribution in [0.2, 0.25) is 0 Å². The molecule has 0 radical (unpaired) electrons. The Bertz CT molecular complexity index is 582. The summed E-state index contributed by atoms with van der Waals surface area (Å²) in [6, 6.07) is 1.79. The molecule has 0 saturated heterocycles. The molecule has 1 aliphatic rings. The fraction of sp³-hybridized carbons (Fsp3) is 0.467. The molecule has 0 heterocycles. The number of rotatable bonds is 4. The van der Waals surface area contributed by atoms with Gasteiger partial charge in [0.1, 0.15) is 5.92 Å². The Labute approximate surface area is 131 Å². The van der Waals surface area contributed by atoms with E-state index in [1.807, 2.05) is 0 Å². The molecule has 21 heavy (non-hydrogen) atoms.